The van der Waals surface area contributed by atoms with Crippen LogP contribution in [0.5, 0.6) is 0 Å². The molecule has 2 amide bonds. The van der Waals surface area contributed by atoms with Crippen molar-refractivity contribution in [1.29, 1.82) is 0 Å². The Balaban J connectivity index is 2.47. The first kappa shape index (κ1) is 14.1. The van der Waals surface area contributed by atoms with Crippen LogP contribution in [-0.2, 0) is 4.79 Å². The van der Waals surface area contributed by atoms with E-state index < -0.39 is 12.0 Å². The first-order chi connectivity index (χ1) is 8.07. The summed E-state index contributed by atoms with van der Waals surface area (Å²) in [4.78, 5) is 26.0. The minimum Gasteiger partial charge on any atom is -0.480 e. The molecule has 1 unspecified atom stereocenters. The van der Waals surface area contributed by atoms with Crippen LogP contribution in [0.4, 0.5) is 4.79 Å². The molecule has 0 spiro atoms. The van der Waals surface area contributed by atoms with E-state index in [0.717, 1.165) is 13.0 Å². The van der Waals surface area contributed by atoms with Gasteiger partial charge in [-0.2, -0.15) is 0 Å². The van der Waals surface area contributed by atoms with Gasteiger partial charge in [0.25, 0.3) is 0 Å². The number of thioether (sulfide) groups is 1. The van der Waals surface area contributed by atoms with Crippen molar-refractivity contribution >= 4 is 23.8 Å². The molecular weight excluding hydrogens is 242 g/mol. The molecule has 1 rings (SSSR count). The van der Waals surface area contributed by atoms with Crippen molar-refractivity contribution < 1.29 is 14.7 Å². The topological polar surface area (TPSA) is 72.9 Å². The van der Waals surface area contributed by atoms with Crippen molar-refractivity contribution in [3.05, 3.63) is 0 Å². The predicted molar refractivity (Wildman–Crippen MR) is 67.2 cm³/mol. The standard InChI is InChI=1S/C10H19N3O3S/c1-11-4-3-5-12(2)10(16)13-7-17-6-8(13)9(14)15/h8,11H,3-7H2,1-2H3,(H,14,15). The Morgan fingerprint density at radius 3 is 2.88 bits per heavy atom. The average molecular weight is 261 g/mol. The first-order valence-electron chi connectivity index (χ1n) is 5.54. The SMILES string of the molecule is CNCCCN(C)C(=O)N1CSCC1C(=O)O. The highest BCUT2D eigenvalue weighted by molar-refractivity contribution is 7.99. The molecule has 1 heterocycles. The fourth-order valence-corrected chi connectivity index (χ4v) is 2.78. The molecule has 0 aromatic heterocycles. The van der Waals surface area contributed by atoms with Gasteiger partial charge in [-0.15, -0.1) is 11.8 Å². The lowest BCUT2D eigenvalue weighted by Gasteiger charge is -2.26. The Labute approximate surface area is 105 Å². The normalized spacial score (nSPS) is 19.4. The number of amides is 2. The summed E-state index contributed by atoms with van der Waals surface area (Å²) in [5.74, 6) is 0.0180. The summed E-state index contributed by atoms with van der Waals surface area (Å²) in [5, 5.41) is 12.0. The second kappa shape index (κ2) is 6.70. The van der Waals surface area contributed by atoms with Crippen molar-refractivity contribution in [2.24, 2.45) is 0 Å². The summed E-state index contributed by atoms with van der Waals surface area (Å²) in [6, 6.07) is -0.877. The lowest BCUT2D eigenvalue weighted by atomic mass is 10.3. The molecule has 1 aliphatic rings. The van der Waals surface area contributed by atoms with Gasteiger partial charge in [-0.25, -0.2) is 9.59 Å². The molecule has 7 heteroatoms. The Bertz CT molecular complexity index is 288. The van der Waals surface area contributed by atoms with E-state index in [1.54, 1.807) is 11.9 Å². The maximum absolute atomic E-state index is 12.0. The second-order valence-corrected chi connectivity index (χ2v) is 4.98. The zero-order chi connectivity index (χ0) is 12.8. The van der Waals surface area contributed by atoms with E-state index in [1.807, 2.05) is 7.05 Å². The third-order valence-corrected chi connectivity index (χ3v) is 3.67. The molecule has 17 heavy (non-hydrogen) atoms. The summed E-state index contributed by atoms with van der Waals surface area (Å²) in [5.41, 5.74) is 0. The van der Waals surface area contributed by atoms with Crippen molar-refractivity contribution in [2.75, 3.05) is 38.8 Å². The number of aliphatic carboxylic acids is 1. The van der Waals surface area contributed by atoms with Gasteiger partial charge < -0.3 is 20.2 Å². The molecular formula is C10H19N3O3S. The Morgan fingerprint density at radius 2 is 2.29 bits per heavy atom. The molecule has 0 saturated carbocycles. The highest BCUT2D eigenvalue weighted by Crippen LogP contribution is 2.22. The summed E-state index contributed by atoms with van der Waals surface area (Å²) in [6.45, 7) is 1.47. The molecule has 1 atom stereocenters. The number of nitrogens with zero attached hydrogens (tertiary/aromatic N) is 2. The maximum atomic E-state index is 12.0. The van der Waals surface area contributed by atoms with Gasteiger partial charge in [0.15, 0.2) is 0 Å². The zero-order valence-corrected chi connectivity index (χ0v) is 11.0. The monoisotopic (exact) mass is 261 g/mol. The van der Waals surface area contributed by atoms with Crippen LogP contribution < -0.4 is 5.32 Å². The number of carbonyl (C=O) groups is 2. The third-order valence-electron chi connectivity index (χ3n) is 2.66. The average Bonchev–Trinajstić information content (AvgIpc) is 2.77. The Kier molecular flexibility index (Phi) is 5.57. The van der Waals surface area contributed by atoms with E-state index in [-0.39, 0.29) is 6.03 Å². The van der Waals surface area contributed by atoms with Gasteiger partial charge in [-0.1, -0.05) is 0 Å². The molecule has 0 aliphatic carbocycles. The van der Waals surface area contributed by atoms with Gasteiger partial charge >= 0.3 is 12.0 Å². The van der Waals surface area contributed by atoms with E-state index in [2.05, 4.69) is 5.32 Å². The first-order valence-corrected chi connectivity index (χ1v) is 6.70. The molecule has 98 valence electrons. The van der Waals surface area contributed by atoms with E-state index in [0.29, 0.717) is 18.2 Å². The lowest BCUT2D eigenvalue weighted by Crippen LogP contribution is -2.47. The van der Waals surface area contributed by atoms with Gasteiger partial charge in [0, 0.05) is 19.3 Å². The van der Waals surface area contributed by atoms with Crippen LogP contribution in [0.15, 0.2) is 0 Å². The highest BCUT2D eigenvalue weighted by atomic mass is 32.2. The number of carboxylic acids is 1. The van der Waals surface area contributed by atoms with Gasteiger partial charge in [0.2, 0.25) is 0 Å². The van der Waals surface area contributed by atoms with Gasteiger partial charge in [-0.3, -0.25) is 0 Å². The number of rotatable bonds is 5. The third kappa shape index (κ3) is 3.78. The van der Waals surface area contributed by atoms with Crippen molar-refractivity contribution in [3.8, 4) is 0 Å². The highest BCUT2D eigenvalue weighted by Gasteiger charge is 2.35. The van der Waals surface area contributed by atoms with Crippen molar-refractivity contribution in [3.63, 3.8) is 0 Å². The summed E-state index contributed by atoms with van der Waals surface area (Å²) >= 11 is 1.48. The quantitative estimate of drug-likeness (QED) is 0.687. The summed E-state index contributed by atoms with van der Waals surface area (Å²) < 4.78 is 0. The predicted octanol–water partition coefficient (Wildman–Crippen LogP) is 0.107. The molecule has 0 aromatic rings. The Hall–Kier alpha value is -0.950. The number of hydrogen-bond acceptors (Lipinski definition) is 4. The minimum atomic E-state index is -0.924. The number of nitrogens with one attached hydrogen (secondary N) is 1. The zero-order valence-electron chi connectivity index (χ0n) is 10.2. The Morgan fingerprint density at radius 1 is 1.59 bits per heavy atom. The summed E-state index contributed by atoms with van der Waals surface area (Å²) in [6.07, 6.45) is 0.859. The van der Waals surface area contributed by atoms with Crippen LogP contribution in [-0.4, -0.2) is 71.8 Å². The van der Waals surface area contributed by atoms with Crippen molar-refractivity contribution in [2.45, 2.75) is 12.5 Å². The van der Waals surface area contributed by atoms with Crippen LogP contribution in [0.25, 0.3) is 0 Å². The van der Waals surface area contributed by atoms with E-state index in [9.17, 15) is 9.59 Å². The van der Waals surface area contributed by atoms with Crippen LogP contribution in [0.2, 0.25) is 0 Å². The van der Waals surface area contributed by atoms with Crippen LogP contribution >= 0.6 is 11.8 Å². The van der Waals surface area contributed by atoms with E-state index in [4.69, 9.17) is 5.11 Å². The molecule has 1 fully saturated rings. The van der Waals surface area contributed by atoms with E-state index in [1.165, 1.54) is 16.7 Å². The molecule has 0 bridgehead atoms. The second-order valence-electron chi connectivity index (χ2n) is 3.98. The molecule has 0 radical (unpaired) electrons. The fourth-order valence-electron chi connectivity index (χ4n) is 1.64. The smallest absolute Gasteiger partial charge is 0.327 e. The van der Waals surface area contributed by atoms with Crippen LogP contribution in [0.1, 0.15) is 6.42 Å². The lowest BCUT2D eigenvalue weighted by molar-refractivity contribution is -0.140. The molecule has 0 aromatic carbocycles. The number of carbonyl (C=O) groups excluding carboxylic acids is 1. The van der Waals surface area contributed by atoms with Crippen molar-refractivity contribution in [1.82, 2.24) is 15.1 Å². The van der Waals surface area contributed by atoms with Gasteiger partial charge in [0.05, 0.1) is 5.88 Å². The molecule has 6 nitrogen and oxygen atoms in total. The molecule has 2 N–H and O–H groups in total. The number of urea groups is 1. The maximum Gasteiger partial charge on any atom is 0.327 e. The fraction of sp³-hybridized carbons (Fsp3) is 0.800. The van der Waals surface area contributed by atoms with E-state index >= 15 is 0 Å². The number of hydrogen-bond donors (Lipinski definition) is 2. The number of carboxylic acid groups (broad SMARTS) is 1. The largest absolute Gasteiger partial charge is 0.480 e. The van der Waals surface area contributed by atoms with Gasteiger partial charge in [-0.05, 0) is 20.0 Å². The minimum absolute atomic E-state index is 0.196. The van der Waals surface area contributed by atoms with Crippen LogP contribution in [0, 0.1) is 0 Å². The molecule has 1 saturated heterocycles. The summed E-state index contributed by atoms with van der Waals surface area (Å²) in [7, 11) is 3.57. The van der Waals surface area contributed by atoms with Gasteiger partial charge in [0.1, 0.15) is 6.04 Å². The molecule has 1 aliphatic heterocycles. The van der Waals surface area contributed by atoms with Crippen LogP contribution in [0.3, 0.4) is 0 Å².